The second-order valence-corrected chi connectivity index (χ2v) is 7.95. The molecule has 2 heteroatoms. The SMILES string of the molecule is CCCCCCCCOC1CC(C(C)(C)C)CCC1NC. The van der Waals surface area contributed by atoms with Gasteiger partial charge in [0.1, 0.15) is 0 Å². The van der Waals surface area contributed by atoms with Crippen LogP contribution in [0.5, 0.6) is 0 Å². The quantitative estimate of drug-likeness (QED) is 0.593. The lowest BCUT2D eigenvalue weighted by Gasteiger charge is -2.41. The molecule has 1 N–H and O–H groups in total. The van der Waals surface area contributed by atoms with Crippen molar-refractivity contribution >= 4 is 0 Å². The van der Waals surface area contributed by atoms with Gasteiger partial charge in [0.25, 0.3) is 0 Å². The minimum Gasteiger partial charge on any atom is -0.377 e. The molecule has 0 bridgehead atoms. The van der Waals surface area contributed by atoms with Crippen LogP contribution in [0.4, 0.5) is 0 Å². The van der Waals surface area contributed by atoms with Crippen LogP contribution in [0, 0.1) is 11.3 Å². The van der Waals surface area contributed by atoms with Crippen molar-refractivity contribution in [3.63, 3.8) is 0 Å². The molecule has 0 saturated heterocycles. The number of ether oxygens (including phenoxy) is 1. The van der Waals surface area contributed by atoms with Crippen LogP contribution in [0.2, 0.25) is 0 Å². The van der Waals surface area contributed by atoms with Crippen LogP contribution in [0.25, 0.3) is 0 Å². The minimum absolute atomic E-state index is 0.417. The summed E-state index contributed by atoms with van der Waals surface area (Å²) in [7, 11) is 2.09. The zero-order valence-corrected chi connectivity index (χ0v) is 15.2. The molecule has 2 nitrogen and oxygen atoms in total. The third kappa shape index (κ3) is 7.15. The molecule has 1 fully saturated rings. The Morgan fingerprint density at radius 3 is 2.29 bits per heavy atom. The van der Waals surface area contributed by atoms with Gasteiger partial charge in [-0.1, -0.05) is 59.8 Å². The fraction of sp³-hybridized carbons (Fsp3) is 1.00. The van der Waals surface area contributed by atoms with Gasteiger partial charge in [-0.3, -0.25) is 0 Å². The van der Waals surface area contributed by atoms with Crippen molar-refractivity contribution in [2.45, 2.75) is 97.6 Å². The van der Waals surface area contributed by atoms with E-state index in [1.165, 1.54) is 57.8 Å². The Balaban J connectivity index is 2.26. The molecular weight excluding hydrogens is 258 g/mol. The lowest BCUT2D eigenvalue weighted by Crippen LogP contribution is -2.46. The van der Waals surface area contributed by atoms with E-state index in [2.05, 4.69) is 40.1 Å². The van der Waals surface area contributed by atoms with Gasteiger partial charge in [0, 0.05) is 12.6 Å². The maximum absolute atomic E-state index is 6.26. The zero-order valence-electron chi connectivity index (χ0n) is 15.2. The van der Waals surface area contributed by atoms with Crippen molar-refractivity contribution in [1.29, 1.82) is 0 Å². The molecule has 0 heterocycles. The van der Waals surface area contributed by atoms with E-state index in [-0.39, 0.29) is 0 Å². The maximum Gasteiger partial charge on any atom is 0.0730 e. The van der Waals surface area contributed by atoms with E-state index in [9.17, 15) is 0 Å². The van der Waals surface area contributed by atoms with E-state index in [1.54, 1.807) is 0 Å². The van der Waals surface area contributed by atoms with E-state index in [4.69, 9.17) is 4.74 Å². The van der Waals surface area contributed by atoms with Gasteiger partial charge in [-0.05, 0) is 44.1 Å². The first-order valence-corrected chi connectivity index (χ1v) is 9.28. The van der Waals surface area contributed by atoms with Crippen LogP contribution in [0.15, 0.2) is 0 Å². The van der Waals surface area contributed by atoms with Crippen LogP contribution in [-0.4, -0.2) is 25.8 Å². The third-order valence-electron chi connectivity index (χ3n) is 5.22. The van der Waals surface area contributed by atoms with Gasteiger partial charge in [-0.25, -0.2) is 0 Å². The zero-order chi connectivity index (χ0) is 15.7. The van der Waals surface area contributed by atoms with Crippen LogP contribution < -0.4 is 5.32 Å². The Kier molecular flexibility index (Phi) is 8.89. The van der Waals surface area contributed by atoms with Crippen LogP contribution in [0.3, 0.4) is 0 Å². The van der Waals surface area contributed by atoms with E-state index in [0.29, 0.717) is 17.6 Å². The molecule has 0 aromatic rings. The Bertz CT molecular complexity index is 259. The first-order valence-electron chi connectivity index (χ1n) is 9.28. The molecule has 1 saturated carbocycles. The molecule has 0 radical (unpaired) electrons. The summed E-state index contributed by atoms with van der Waals surface area (Å²) in [6.45, 7) is 10.4. The van der Waals surface area contributed by atoms with Crippen LogP contribution in [0.1, 0.15) is 85.5 Å². The number of hydrogen-bond acceptors (Lipinski definition) is 2. The maximum atomic E-state index is 6.26. The van der Waals surface area contributed by atoms with Crippen LogP contribution >= 0.6 is 0 Å². The Hall–Kier alpha value is -0.0800. The van der Waals surface area contributed by atoms with Crippen molar-refractivity contribution in [2.75, 3.05) is 13.7 Å². The Morgan fingerprint density at radius 2 is 1.67 bits per heavy atom. The van der Waals surface area contributed by atoms with Crippen molar-refractivity contribution < 1.29 is 4.74 Å². The highest BCUT2D eigenvalue weighted by Gasteiger charge is 2.35. The Morgan fingerprint density at radius 1 is 1.00 bits per heavy atom. The predicted molar refractivity (Wildman–Crippen MR) is 92.8 cm³/mol. The molecule has 0 aliphatic heterocycles. The standard InChI is InChI=1S/C19H39NO/c1-6-7-8-9-10-11-14-21-18-15-16(19(2,3)4)12-13-17(18)20-5/h16-18,20H,6-15H2,1-5H3. The van der Waals surface area contributed by atoms with Crippen molar-refractivity contribution in [2.24, 2.45) is 11.3 Å². The summed E-state index contributed by atoms with van der Waals surface area (Å²) in [6.07, 6.45) is 12.3. The normalized spacial score (nSPS) is 27.0. The molecule has 0 amide bonds. The average Bonchev–Trinajstić information content (AvgIpc) is 2.45. The smallest absolute Gasteiger partial charge is 0.0730 e. The van der Waals surface area contributed by atoms with Gasteiger partial charge >= 0.3 is 0 Å². The second kappa shape index (κ2) is 9.84. The average molecular weight is 298 g/mol. The van der Waals surface area contributed by atoms with Crippen LogP contribution in [-0.2, 0) is 4.74 Å². The van der Waals surface area contributed by atoms with Gasteiger partial charge < -0.3 is 10.1 Å². The summed E-state index contributed by atoms with van der Waals surface area (Å²) in [6, 6.07) is 0.559. The minimum atomic E-state index is 0.417. The molecule has 1 aliphatic carbocycles. The summed E-state index contributed by atoms with van der Waals surface area (Å²) in [5, 5.41) is 3.47. The van der Waals surface area contributed by atoms with E-state index in [0.717, 1.165) is 12.5 Å². The summed E-state index contributed by atoms with van der Waals surface area (Å²) in [4.78, 5) is 0. The van der Waals surface area contributed by atoms with Crippen molar-refractivity contribution in [3.05, 3.63) is 0 Å². The first-order chi connectivity index (χ1) is 9.99. The Labute approximate surface area is 133 Å². The number of unbranched alkanes of at least 4 members (excludes halogenated alkanes) is 5. The molecule has 0 aromatic heterocycles. The molecule has 1 rings (SSSR count). The molecule has 1 aliphatic rings. The number of rotatable bonds is 9. The highest BCUT2D eigenvalue weighted by molar-refractivity contribution is 4.89. The van der Waals surface area contributed by atoms with Gasteiger partial charge in [0.05, 0.1) is 6.10 Å². The molecule has 21 heavy (non-hydrogen) atoms. The number of nitrogens with one attached hydrogen (secondary N) is 1. The summed E-state index contributed by atoms with van der Waals surface area (Å²) >= 11 is 0. The fourth-order valence-electron chi connectivity index (χ4n) is 3.55. The lowest BCUT2D eigenvalue weighted by molar-refractivity contribution is -0.0273. The van der Waals surface area contributed by atoms with Crippen molar-refractivity contribution in [1.82, 2.24) is 5.32 Å². The first kappa shape index (κ1) is 19.0. The summed E-state index contributed by atoms with van der Waals surface area (Å²) in [5.41, 5.74) is 0.417. The highest BCUT2D eigenvalue weighted by atomic mass is 16.5. The summed E-state index contributed by atoms with van der Waals surface area (Å²) < 4.78 is 6.26. The molecule has 0 spiro atoms. The molecule has 3 unspecified atom stereocenters. The van der Waals surface area contributed by atoms with Gasteiger partial charge in [0.15, 0.2) is 0 Å². The van der Waals surface area contributed by atoms with E-state index < -0.39 is 0 Å². The van der Waals surface area contributed by atoms with Gasteiger partial charge in [-0.15, -0.1) is 0 Å². The molecule has 126 valence electrons. The summed E-state index contributed by atoms with van der Waals surface area (Å²) in [5.74, 6) is 0.802. The van der Waals surface area contributed by atoms with Gasteiger partial charge in [0.2, 0.25) is 0 Å². The highest BCUT2D eigenvalue weighted by Crippen LogP contribution is 2.38. The second-order valence-electron chi connectivity index (χ2n) is 7.95. The largest absolute Gasteiger partial charge is 0.377 e. The topological polar surface area (TPSA) is 21.3 Å². The van der Waals surface area contributed by atoms with Gasteiger partial charge in [-0.2, -0.15) is 0 Å². The third-order valence-corrected chi connectivity index (χ3v) is 5.22. The van der Waals surface area contributed by atoms with Crippen molar-refractivity contribution in [3.8, 4) is 0 Å². The molecule has 3 atom stereocenters. The number of hydrogen-bond donors (Lipinski definition) is 1. The number of likely N-dealkylation sites (N-methyl/N-ethyl adjacent to an activating group) is 1. The molecular formula is C19H39NO. The molecule has 0 aromatic carbocycles. The van der Waals surface area contributed by atoms with E-state index in [1.807, 2.05) is 0 Å². The fourth-order valence-corrected chi connectivity index (χ4v) is 3.55. The monoisotopic (exact) mass is 297 g/mol. The predicted octanol–water partition coefficient (Wildman–Crippen LogP) is 5.17. The van der Waals surface area contributed by atoms with E-state index >= 15 is 0 Å². The lowest BCUT2D eigenvalue weighted by atomic mass is 9.70.